The lowest BCUT2D eigenvalue weighted by Gasteiger charge is -2.20. The fourth-order valence-corrected chi connectivity index (χ4v) is 3.53. The van der Waals surface area contributed by atoms with Gasteiger partial charge in [0.15, 0.2) is 0 Å². The number of thioether (sulfide) groups is 1. The average molecular weight is 292 g/mol. The van der Waals surface area contributed by atoms with E-state index in [-0.39, 0.29) is 0 Å². The lowest BCUT2D eigenvalue weighted by Crippen LogP contribution is -2.40. The van der Waals surface area contributed by atoms with Gasteiger partial charge in [0, 0.05) is 30.9 Å². The van der Waals surface area contributed by atoms with Crippen LogP contribution in [0.2, 0.25) is 0 Å². The van der Waals surface area contributed by atoms with Crippen LogP contribution in [-0.4, -0.2) is 48.1 Å². The van der Waals surface area contributed by atoms with E-state index in [4.69, 9.17) is 0 Å². The van der Waals surface area contributed by atoms with Crippen molar-refractivity contribution in [1.82, 2.24) is 10.2 Å². The van der Waals surface area contributed by atoms with E-state index in [1.807, 2.05) is 11.8 Å². The summed E-state index contributed by atoms with van der Waals surface area (Å²) in [5.74, 6) is 2.46. The highest BCUT2D eigenvalue weighted by Gasteiger charge is 2.22. The van der Waals surface area contributed by atoms with Crippen LogP contribution in [0.4, 0.5) is 0 Å². The summed E-state index contributed by atoms with van der Waals surface area (Å²) < 4.78 is 0. The SMILES string of the molecule is CCSCC(C)NC1CCN(CCc2ccccc2)C1. The zero-order valence-electron chi connectivity index (χ0n) is 12.8. The molecule has 0 saturated carbocycles. The smallest absolute Gasteiger partial charge is 0.0209 e. The quantitative estimate of drug-likeness (QED) is 0.793. The predicted molar refractivity (Wildman–Crippen MR) is 90.6 cm³/mol. The molecule has 2 unspecified atom stereocenters. The molecule has 1 aromatic rings. The molecule has 3 heteroatoms. The minimum atomic E-state index is 0.638. The Morgan fingerprint density at radius 1 is 1.35 bits per heavy atom. The highest BCUT2D eigenvalue weighted by Crippen LogP contribution is 2.12. The van der Waals surface area contributed by atoms with E-state index >= 15 is 0 Å². The maximum atomic E-state index is 3.78. The zero-order valence-corrected chi connectivity index (χ0v) is 13.7. The lowest BCUT2D eigenvalue weighted by molar-refractivity contribution is 0.328. The van der Waals surface area contributed by atoms with E-state index in [0.717, 1.165) is 0 Å². The van der Waals surface area contributed by atoms with Crippen molar-refractivity contribution in [3.05, 3.63) is 35.9 Å². The van der Waals surface area contributed by atoms with Gasteiger partial charge in [-0.2, -0.15) is 11.8 Å². The number of hydrogen-bond donors (Lipinski definition) is 1. The number of likely N-dealkylation sites (tertiary alicyclic amines) is 1. The Labute approximate surface area is 128 Å². The number of benzene rings is 1. The molecule has 20 heavy (non-hydrogen) atoms. The number of nitrogens with one attached hydrogen (secondary N) is 1. The first-order chi connectivity index (χ1) is 9.78. The van der Waals surface area contributed by atoms with Crippen LogP contribution in [0.15, 0.2) is 30.3 Å². The molecule has 2 atom stereocenters. The Balaban J connectivity index is 1.65. The molecule has 1 aromatic carbocycles. The summed E-state index contributed by atoms with van der Waals surface area (Å²) >= 11 is 2.03. The highest BCUT2D eigenvalue weighted by molar-refractivity contribution is 7.99. The van der Waals surface area contributed by atoms with Crippen LogP contribution in [0.1, 0.15) is 25.8 Å². The second-order valence-corrected chi connectivity index (χ2v) is 7.07. The molecule has 1 fully saturated rings. The standard InChI is InChI=1S/C17H28N2S/c1-3-20-14-15(2)18-17-10-12-19(13-17)11-9-16-7-5-4-6-8-16/h4-8,15,17-18H,3,9-14H2,1-2H3. The molecule has 112 valence electrons. The van der Waals surface area contributed by atoms with Crippen molar-refractivity contribution in [3.63, 3.8) is 0 Å². The second kappa shape index (κ2) is 8.71. The largest absolute Gasteiger partial charge is 0.309 e. The molecule has 1 saturated heterocycles. The molecule has 0 aliphatic carbocycles. The van der Waals surface area contributed by atoms with E-state index < -0.39 is 0 Å². The molecule has 1 N–H and O–H groups in total. The summed E-state index contributed by atoms with van der Waals surface area (Å²) in [6.45, 7) is 8.21. The summed E-state index contributed by atoms with van der Waals surface area (Å²) in [6.07, 6.45) is 2.48. The Bertz CT molecular complexity index is 369. The molecule has 2 rings (SSSR count). The Morgan fingerprint density at radius 2 is 2.15 bits per heavy atom. The van der Waals surface area contributed by atoms with E-state index in [0.29, 0.717) is 12.1 Å². The van der Waals surface area contributed by atoms with Gasteiger partial charge in [-0.15, -0.1) is 0 Å². The van der Waals surface area contributed by atoms with E-state index in [1.165, 1.54) is 49.5 Å². The average Bonchev–Trinajstić information content (AvgIpc) is 2.91. The van der Waals surface area contributed by atoms with Crippen LogP contribution >= 0.6 is 11.8 Å². The van der Waals surface area contributed by atoms with Crippen LogP contribution in [0.5, 0.6) is 0 Å². The van der Waals surface area contributed by atoms with Crippen LogP contribution in [-0.2, 0) is 6.42 Å². The summed E-state index contributed by atoms with van der Waals surface area (Å²) in [6, 6.07) is 12.2. The minimum Gasteiger partial charge on any atom is -0.309 e. The number of nitrogens with zero attached hydrogens (tertiary/aromatic N) is 1. The first kappa shape index (κ1) is 15.9. The fraction of sp³-hybridized carbons (Fsp3) is 0.647. The van der Waals surface area contributed by atoms with Gasteiger partial charge < -0.3 is 10.2 Å². The minimum absolute atomic E-state index is 0.638. The third kappa shape index (κ3) is 5.47. The first-order valence-corrected chi connectivity index (χ1v) is 9.03. The summed E-state index contributed by atoms with van der Waals surface area (Å²) in [7, 11) is 0. The highest BCUT2D eigenvalue weighted by atomic mass is 32.2. The van der Waals surface area contributed by atoms with Gasteiger partial charge in [-0.25, -0.2) is 0 Å². The Hall–Kier alpha value is -0.510. The molecule has 0 bridgehead atoms. The van der Waals surface area contributed by atoms with Crippen LogP contribution < -0.4 is 5.32 Å². The lowest BCUT2D eigenvalue weighted by atomic mass is 10.1. The van der Waals surface area contributed by atoms with Crippen LogP contribution in [0.25, 0.3) is 0 Å². The number of rotatable bonds is 8. The van der Waals surface area contributed by atoms with Crippen molar-refractivity contribution in [2.24, 2.45) is 0 Å². The van der Waals surface area contributed by atoms with Gasteiger partial charge in [0.2, 0.25) is 0 Å². The van der Waals surface area contributed by atoms with Gasteiger partial charge >= 0.3 is 0 Å². The van der Waals surface area contributed by atoms with Crippen molar-refractivity contribution < 1.29 is 0 Å². The maximum Gasteiger partial charge on any atom is 0.0209 e. The molecule has 0 spiro atoms. The van der Waals surface area contributed by atoms with Gasteiger partial charge in [0.25, 0.3) is 0 Å². The Kier molecular flexibility index (Phi) is 6.91. The summed E-state index contributed by atoms with van der Waals surface area (Å²) in [5, 5.41) is 3.78. The molecule has 2 nitrogen and oxygen atoms in total. The molecule has 0 amide bonds. The summed E-state index contributed by atoms with van der Waals surface area (Å²) in [4.78, 5) is 2.60. The predicted octanol–water partition coefficient (Wildman–Crippen LogP) is 3.03. The fourth-order valence-electron chi connectivity index (χ4n) is 2.85. The topological polar surface area (TPSA) is 15.3 Å². The van der Waals surface area contributed by atoms with Gasteiger partial charge in [-0.3, -0.25) is 0 Å². The zero-order chi connectivity index (χ0) is 14.2. The van der Waals surface area contributed by atoms with Crippen molar-refractivity contribution in [2.45, 2.75) is 38.8 Å². The van der Waals surface area contributed by atoms with Crippen molar-refractivity contribution in [1.29, 1.82) is 0 Å². The number of hydrogen-bond acceptors (Lipinski definition) is 3. The van der Waals surface area contributed by atoms with Gasteiger partial charge in [0.05, 0.1) is 0 Å². The Morgan fingerprint density at radius 3 is 2.90 bits per heavy atom. The molecular formula is C17H28N2S. The normalized spacial score (nSPS) is 21.2. The molecule has 1 aliphatic heterocycles. The van der Waals surface area contributed by atoms with Gasteiger partial charge in [0.1, 0.15) is 0 Å². The van der Waals surface area contributed by atoms with E-state index in [2.05, 4.69) is 54.4 Å². The van der Waals surface area contributed by atoms with Crippen molar-refractivity contribution >= 4 is 11.8 Å². The second-order valence-electron chi connectivity index (χ2n) is 5.75. The molecule has 1 heterocycles. The third-order valence-corrected chi connectivity index (χ3v) is 5.07. The van der Waals surface area contributed by atoms with E-state index in [9.17, 15) is 0 Å². The van der Waals surface area contributed by atoms with Crippen LogP contribution in [0.3, 0.4) is 0 Å². The molecule has 0 aromatic heterocycles. The molecule has 1 aliphatic rings. The third-order valence-electron chi connectivity index (χ3n) is 3.92. The summed E-state index contributed by atoms with van der Waals surface area (Å²) in [5.41, 5.74) is 1.46. The molecule has 0 radical (unpaired) electrons. The van der Waals surface area contributed by atoms with Crippen molar-refractivity contribution in [3.8, 4) is 0 Å². The van der Waals surface area contributed by atoms with Gasteiger partial charge in [-0.1, -0.05) is 37.3 Å². The molecular weight excluding hydrogens is 264 g/mol. The first-order valence-electron chi connectivity index (χ1n) is 7.88. The van der Waals surface area contributed by atoms with Gasteiger partial charge in [-0.05, 0) is 37.6 Å². The van der Waals surface area contributed by atoms with Crippen LogP contribution in [0, 0.1) is 0 Å². The monoisotopic (exact) mass is 292 g/mol. The van der Waals surface area contributed by atoms with Crippen molar-refractivity contribution in [2.75, 3.05) is 31.1 Å². The van der Waals surface area contributed by atoms with E-state index in [1.54, 1.807) is 0 Å². The maximum absolute atomic E-state index is 3.78.